The van der Waals surface area contributed by atoms with Crippen molar-refractivity contribution in [2.75, 3.05) is 11.4 Å². The number of carbonyl (C=O) groups excluding carboxylic acids is 1. The average molecular weight is 557 g/mol. The van der Waals surface area contributed by atoms with Gasteiger partial charge in [-0.05, 0) is 43.7 Å². The summed E-state index contributed by atoms with van der Waals surface area (Å²) in [5.41, 5.74) is 4.31. The van der Waals surface area contributed by atoms with Crippen LogP contribution in [0, 0.1) is 25.0 Å². The van der Waals surface area contributed by atoms with Gasteiger partial charge in [0.05, 0.1) is 23.0 Å². The predicted octanol–water partition coefficient (Wildman–Crippen LogP) is 6.78. The standard InChI is InChI=1S/C35H28N2O5/c1-21-13-16-25(17-14-21)36-20-27-29(30-33(39)26-19-22(2)15-18-28(26)41-35(30)36)31(32(38)23-9-5-3-6-10-23)37(40)42-34(27)24-11-7-4-8-12-24/h3-19,27,29,34H,20H2,1-2H3/t27-,29-,34+/m0/s1. The monoisotopic (exact) mass is 556 g/mol. The summed E-state index contributed by atoms with van der Waals surface area (Å²) in [5.74, 6) is -1.47. The van der Waals surface area contributed by atoms with E-state index in [1.165, 1.54) is 0 Å². The van der Waals surface area contributed by atoms with Crippen LogP contribution in [0.1, 0.15) is 44.6 Å². The van der Waals surface area contributed by atoms with Crippen LogP contribution in [0.15, 0.2) is 112 Å². The van der Waals surface area contributed by atoms with Crippen LogP contribution < -0.4 is 10.3 Å². The van der Waals surface area contributed by atoms with E-state index in [4.69, 9.17) is 9.25 Å². The Morgan fingerprint density at radius 2 is 1.55 bits per heavy atom. The van der Waals surface area contributed by atoms with Crippen molar-refractivity contribution in [3.63, 3.8) is 0 Å². The molecule has 0 saturated carbocycles. The first-order chi connectivity index (χ1) is 20.4. The highest BCUT2D eigenvalue weighted by atomic mass is 16.9. The average Bonchev–Trinajstić information content (AvgIpc) is 3.02. The summed E-state index contributed by atoms with van der Waals surface area (Å²) in [6, 6.07) is 31.6. The SMILES string of the molecule is Cc1ccc(N2C[C@@H]3[C@@H](c4ccccc4)O[N+]([O-])=C(C(=O)c4ccccc4)[C@@H]3c3c2oc2ccc(C)cc2c3=O)cc1. The summed E-state index contributed by atoms with van der Waals surface area (Å²) in [7, 11) is 0. The number of fused-ring (bicyclic) bond motifs is 4. The van der Waals surface area contributed by atoms with Crippen LogP contribution in [0.5, 0.6) is 0 Å². The number of ketones is 1. The maximum Gasteiger partial charge on any atom is 0.300 e. The molecule has 5 aromatic rings. The third kappa shape index (κ3) is 4.16. The third-order valence-electron chi connectivity index (χ3n) is 8.27. The summed E-state index contributed by atoms with van der Waals surface area (Å²) in [6.07, 6.45) is -0.713. The highest BCUT2D eigenvalue weighted by Gasteiger charge is 2.53. The number of rotatable bonds is 4. The fraction of sp³-hybridized carbons (Fsp3) is 0.171. The molecule has 42 heavy (non-hydrogen) atoms. The summed E-state index contributed by atoms with van der Waals surface area (Å²) in [4.78, 5) is 36.9. The van der Waals surface area contributed by atoms with Crippen molar-refractivity contribution in [2.24, 2.45) is 5.92 Å². The zero-order chi connectivity index (χ0) is 29.0. The van der Waals surface area contributed by atoms with E-state index in [0.29, 0.717) is 33.9 Å². The van der Waals surface area contributed by atoms with Gasteiger partial charge in [-0.15, -0.1) is 0 Å². The quantitative estimate of drug-likeness (QED) is 0.179. The van der Waals surface area contributed by atoms with Gasteiger partial charge >= 0.3 is 5.71 Å². The minimum atomic E-state index is -0.868. The van der Waals surface area contributed by atoms with Crippen molar-refractivity contribution in [1.29, 1.82) is 0 Å². The third-order valence-corrected chi connectivity index (χ3v) is 8.27. The van der Waals surface area contributed by atoms with Crippen LogP contribution in [-0.4, -0.2) is 22.9 Å². The van der Waals surface area contributed by atoms with Gasteiger partial charge < -0.3 is 14.2 Å². The Labute approximate surface area is 242 Å². The first kappa shape index (κ1) is 25.8. The molecule has 0 amide bonds. The second kappa shape index (κ2) is 10.0. The van der Waals surface area contributed by atoms with Gasteiger partial charge in [0, 0.05) is 28.6 Å². The predicted molar refractivity (Wildman–Crippen MR) is 161 cm³/mol. The molecule has 0 fully saturated rings. The normalized spacial score (nSPS) is 19.7. The van der Waals surface area contributed by atoms with Crippen LogP contribution in [0.25, 0.3) is 11.0 Å². The molecule has 3 heterocycles. The minimum Gasteiger partial charge on any atom is -0.440 e. The smallest absolute Gasteiger partial charge is 0.300 e. The molecule has 0 aliphatic carbocycles. The molecule has 2 aliphatic heterocycles. The zero-order valence-corrected chi connectivity index (χ0v) is 23.2. The zero-order valence-electron chi connectivity index (χ0n) is 23.2. The Bertz CT molecular complexity index is 1910. The van der Waals surface area contributed by atoms with Crippen LogP contribution in [0.3, 0.4) is 0 Å². The molecular weight excluding hydrogens is 528 g/mol. The van der Waals surface area contributed by atoms with E-state index in [9.17, 15) is 14.8 Å². The lowest BCUT2D eigenvalue weighted by atomic mass is 9.72. The highest BCUT2D eigenvalue weighted by molar-refractivity contribution is 6.46. The second-order valence-electron chi connectivity index (χ2n) is 11.0. The first-order valence-electron chi connectivity index (χ1n) is 14.0. The van der Waals surface area contributed by atoms with Crippen molar-refractivity contribution in [1.82, 2.24) is 0 Å². The number of carbonyl (C=O) groups is 1. The topological polar surface area (TPSA) is 85.8 Å². The Kier molecular flexibility index (Phi) is 6.16. The van der Waals surface area contributed by atoms with E-state index in [-0.39, 0.29) is 16.7 Å². The van der Waals surface area contributed by atoms with E-state index in [1.807, 2.05) is 79.4 Å². The molecule has 0 N–H and O–H groups in total. The van der Waals surface area contributed by atoms with E-state index in [0.717, 1.165) is 22.4 Å². The number of Topliss-reactive ketones (excluding diaryl/α,β-unsaturated/α-hetero) is 1. The van der Waals surface area contributed by atoms with E-state index < -0.39 is 23.7 Å². The molecule has 0 unspecified atom stereocenters. The van der Waals surface area contributed by atoms with Gasteiger partial charge in [0.2, 0.25) is 5.88 Å². The fourth-order valence-electron chi connectivity index (χ4n) is 6.22. The number of nitrogens with zero attached hydrogens (tertiary/aromatic N) is 2. The van der Waals surface area contributed by atoms with Crippen LogP contribution >= 0.6 is 0 Å². The molecule has 7 nitrogen and oxygen atoms in total. The van der Waals surface area contributed by atoms with Gasteiger partial charge in [-0.3, -0.25) is 14.8 Å². The van der Waals surface area contributed by atoms with Crippen molar-refractivity contribution in [3.8, 4) is 0 Å². The highest BCUT2D eigenvalue weighted by Crippen LogP contribution is 2.50. The van der Waals surface area contributed by atoms with Crippen molar-refractivity contribution >= 4 is 34.0 Å². The molecular formula is C35H28N2O5. The Morgan fingerprint density at radius 3 is 2.26 bits per heavy atom. The van der Waals surface area contributed by atoms with Crippen LogP contribution in [0.2, 0.25) is 0 Å². The first-order valence-corrected chi connectivity index (χ1v) is 14.0. The van der Waals surface area contributed by atoms with Gasteiger partial charge in [0.1, 0.15) is 5.58 Å². The molecule has 0 bridgehead atoms. The Hall–Kier alpha value is -5.17. The van der Waals surface area contributed by atoms with Crippen molar-refractivity contribution < 1.29 is 19.0 Å². The van der Waals surface area contributed by atoms with E-state index in [2.05, 4.69) is 0 Å². The van der Waals surface area contributed by atoms with Gasteiger partial charge in [-0.2, -0.15) is 0 Å². The molecule has 3 atom stereocenters. The van der Waals surface area contributed by atoms with Crippen molar-refractivity contribution in [2.45, 2.75) is 25.9 Å². The number of benzene rings is 4. The second-order valence-corrected chi connectivity index (χ2v) is 11.0. The molecule has 4 aromatic carbocycles. The van der Waals surface area contributed by atoms with E-state index in [1.54, 1.807) is 42.5 Å². The lowest BCUT2D eigenvalue weighted by Crippen LogP contribution is -2.51. The Morgan fingerprint density at radius 1 is 0.881 bits per heavy atom. The maximum absolute atomic E-state index is 14.5. The number of hydrogen-bond acceptors (Lipinski definition) is 6. The van der Waals surface area contributed by atoms with Gasteiger partial charge in [-0.25, -0.2) is 0 Å². The lowest BCUT2D eigenvalue weighted by Gasteiger charge is -2.44. The molecule has 0 saturated heterocycles. The molecule has 7 heteroatoms. The van der Waals surface area contributed by atoms with Crippen LogP contribution in [0.4, 0.5) is 11.6 Å². The number of anilines is 2. The summed E-state index contributed by atoms with van der Waals surface area (Å²) in [5, 5.41) is 14.2. The van der Waals surface area contributed by atoms with Gasteiger partial charge in [0.15, 0.2) is 5.43 Å². The lowest BCUT2D eigenvalue weighted by molar-refractivity contribution is -0.763. The molecule has 2 aliphatic rings. The largest absolute Gasteiger partial charge is 0.440 e. The fourth-order valence-corrected chi connectivity index (χ4v) is 6.22. The van der Waals surface area contributed by atoms with Crippen molar-refractivity contribution in [3.05, 3.63) is 146 Å². The molecule has 1 aromatic heterocycles. The van der Waals surface area contributed by atoms with Gasteiger partial charge in [-0.1, -0.05) is 90.0 Å². The molecule has 208 valence electrons. The molecule has 0 spiro atoms. The number of hydrogen-bond donors (Lipinski definition) is 0. The summed E-state index contributed by atoms with van der Waals surface area (Å²) < 4.78 is 6.52. The van der Waals surface area contributed by atoms with E-state index >= 15 is 0 Å². The van der Waals surface area contributed by atoms with Gasteiger partial charge in [0.25, 0.3) is 5.78 Å². The molecule has 0 radical (unpaired) electrons. The number of aryl methyl sites for hydroxylation is 2. The molecule has 7 rings (SSSR count). The summed E-state index contributed by atoms with van der Waals surface area (Å²) in [6.45, 7) is 4.27. The minimum absolute atomic E-state index is 0.123. The maximum atomic E-state index is 14.5. The Balaban J connectivity index is 1.53. The van der Waals surface area contributed by atoms with Crippen LogP contribution in [-0.2, 0) is 4.84 Å². The summed E-state index contributed by atoms with van der Waals surface area (Å²) >= 11 is 0.